The molecule has 23 heavy (non-hydrogen) atoms. The molecule has 0 bridgehead atoms. The lowest BCUT2D eigenvalue weighted by Crippen LogP contribution is -2.26. The molecule has 9 heteroatoms. The van der Waals surface area contributed by atoms with Gasteiger partial charge in [0.05, 0.1) is 17.9 Å². The molecule has 8 nitrogen and oxygen atoms in total. The maximum Gasteiger partial charge on any atom is 0.0875 e. The highest BCUT2D eigenvalue weighted by Gasteiger charge is 2.01. The molecule has 0 aromatic heterocycles. The number of hydrogen-bond acceptors (Lipinski definition) is 6. The maximum atomic E-state index is 8.35. The molecule has 1 aromatic rings. The van der Waals surface area contributed by atoms with E-state index in [2.05, 4.69) is 30.2 Å². The van der Waals surface area contributed by atoms with Gasteiger partial charge in [-0.25, -0.2) is 0 Å². The SMILES string of the molecule is CSN/C=C\N(CCN=[N+]=[N-])C/C(C)=N/N=N/c1ccccc1. The quantitative estimate of drug-likeness (QED) is 0.174. The number of nitrogens with one attached hydrogen (secondary N) is 1. The van der Waals surface area contributed by atoms with Crippen molar-refractivity contribution in [1.29, 1.82) is 0 Å². The molecule has 0 radical (unpaired) electrons. The van der Waals surface area contributed by atoms with Crippen molar-refractivity contribution in [2.75, 3.05) is 25.9 Å². The van der Waals surface area contributed by atoms with Gasteiger partial charge in [-0.2, -0.15) is 0 Å². The van der Waals surface area contributed by atoms with Crippen LogP contribution in [0.2, 0.25) is 0 Å². The third-order valence-electron chi connectivity index (χ3n) is 2.59. The molecule has 0 atom stereocenters. The third kappa shape index (κ3) is 9.18. The lowest BCUT2D eigenvalue weighted by atomic mass is 10.3. The summed E-state index contributed by atoms with van der Waals surface area (Å²) in [5.74, 6) is 0. The third-order valence-corrected chi connectivity index (χ3v) is 2.96. The lowest BCUT2D eigenvalue weighted by molar-refractivity contribution is 0.435. The Morgan fingerprint density at radius 3 is 2.87 bits per heavy atom. The van der Waals surface area contributed by atoms with Crippen LogP contribution >= 0.6 is 11.9 Å². The van der Waals surface area contributed by atoms with Crippen LogP contribution in [0.25, 0.3) is 10.4 Å². The first-order valence-electron chi connectivity index (χ1n) is 6.95. The maximum absolute atomic E-state index is 8.35. The lowest BCUT2D eigenvalue weighted by Gasteiger charge is -2.18. The summed E-state index contributed by atoms with van der Waals surface area (Å²) >= 11 is 1.49. The van der Waals surface area contributed by atoms with Crippen LogP contribution in [-0.2, 0) is 0 Å². The molecular weight excluding hydrogens is 312 g/mol. The first-order chi connectivity index (χ1) is 11.3. The minimum atomic E-state index is 0.388. The van der Waals surface area contributed by atoms with E-state index in [4.69, 9.17) is 5.53 Å². The van der Waals surface area contributed by atoms with Crippen LogP contribution in [-0.4, -0.2) is 36.5 Å². The second-order valence-corrected chi connectivity index (χ2v) is 5.07. The van der Waals surface area contributed by atoms with Crippen molar-refractivity contribution in [3.8, 4) is 0 Å². The second kappa shape index (κ2) is 12.1. The van der Waals surface area contributed by atoms with Gasteiger partial charge >= 0.3 is 0 Å². The molecule has 1 rings (SSSR count). The van der Waals surface area contributed by atoms with Crippen molar-refractivity contribution in [2.45, 2.75) is 6.92 Å². The van der Waals surface area contributed by atoms with Gasteiger partial charge in [0.2, 0.25) is 0 Å². The number of benzene rings is 1. The van der Waals surface area contributed by atoms with Crippen LogP contribution in [0.5, 0.6) is 0 Å². The fourth-order valence-corrected chi connectivity index (χ4v) is 1.80. The molecule has 0 aliphatic carbocycles. The average molecular weight is 332 g/mol. The van der Waals surface area contributed by atoms with E-state index in [0.717, 1.165) is 11.4 Å². The number of nitrogens with zero attached hydrogens (tertiary/aromatic N) is 7. The highest BCUT2D eigenvalue weighted by Crippen LogP contribution is 2.10. The average Bonchev–Trinajstić information content (AvgIpc) is 2.56. The summed E-state index contributed by atoms with van der Waals surface area (Å²) < 4.78 is 3.02. The Balaban J connectivity index is 2.59. The summed E-state index contributed by atoms with van der Waals surface area (Å²) in [6, 6.07) is 9.43. The van der Waals surface area contributed by atoms with Crippen molar-refractivity contribution in [2.24, 2.45) is 20.6 Å². The van der Waals surface area contributed by atoms with Crippen LogP contribution in [0.15, 0.2) is 63.3 Å². The summed E-state index contributed by atoms with van der Waals surface area (Å²) in [4.78, 5) is 4.74. The van der Waals surface area contributed by atoms with Gasteiger partial charge in [-0.1, -0.05) is 35.3 Å². The Bertz CT molecular complexity index is 578. The molecule has 0 aliphatic heterocycles. The predicted octanol–water partition coefficient (Wildman–Crippen LogP) is 4.10. The highest BCUT2D eigenvalue weighted by molar-refractivity contribution is 7.96. The van der Waals surface area contributed by atoms with Crippen molar-refractivity contribution < 1.29 is 0 Å². The first-order valence-corrected chi connectivity index (χ1v) is 8.18. The Morgan fingerprint density at radius 2 is 2.17 bits per heavy atom. The van der Waals surface area contributed by atoms with Gasteiger partial charge in [0.1, 0.15) is 0 Å². The molecule has 1 aromatic carbocycles. The molecule has 0 saturated heterocycles. The molecule has 0 amide bonds. The topological polar surface area (TPSA) is 101 Å². The highest BCUT2D eigenvalue weighted by atomic mass is 32.2. The Kier molecular flexibility index (Phi) is 9.73. The molecular formula is C14H20N8S. The van der Waals surface area contributed by atoms with Crippen molar-refractivity contribution in [3.05, 3.63) is 53.2 Å². The number of hydrogen-bond donors (Lipinski definition) is 1. The molecule has 0 fully saturated rings. The standard InChI is InChI=1S/C14H20N8S/c1-13(18-21-19-14-6-4-3-5-7-14)12-22(10-8-16-20-15)11-9-17-23-2/h3-7,9,11,17H,8,10,12H2,1-2H3/b11-9-,18-13+,21-19+. The van der Waals surface area contributed by atoms with Gasteiger partial charge in [-0.15, -0.1) is 10.2 Å². The second-order valence-electron chi connectivity index (χ2n) is 4.42. The molecule has 0 saturated carbocycles. The zero-order chi connectivity index (χ0) is 16.8. The van der Waals surface area contributed by atoms with Crippen molar-refractivity contribution in [3.63, 3.8) is 0 Å². The van der Waals surface area contributed by atoms with Crippen LogP contribution in [0.4, 0.5) is 5.69 Å². The van der Waals surface area contributed by atoms with E-state index < -0.39 is 0 Å². The minimum absolute atomic E-state index is 0.388. The van der Waals surface area contributed by atoms with E-state index in [1.54, 1.807) is 0 Å². The summed E-state index contributed by atoms with van der Waals surface area (Å²) in [6.07, 6.45) is 5.64. The molecule has 122 valence electrons. The van der Waals surface area contributed by atoms with Gasteiger partial charge < -0.3 is 9.62 Å². The largest absolute Gasteiger partial charge is 0.370 e. The van der Waals surface area contributed by atoms with E-state index >= 15 is 0 Å². The molecule has 0 heterocycles. The van der Waals surface area contributed by atoms with Gasteiger partial charge in [0, 0.05) is 36.7 Å². The Morgan fingerprint density at radius 1 is 1.39 bits per heavy atom. The zero-order valence-electron chi connectivity index (χ0n) is 13.2. The summed E-state index contributed by atoms with van der Waals surface area (Å²) in [7, 11) is 0. The van der Waals surface area contributed by atoms with E-state index in [9.17, 15) is 0 Å². The van der Waals surface area contributed by atoms with E-state index in [-0.39, 0.29) is 0 Å². The first kappa shape index (κ1) is 18.5. The van der Waals surface area contributed by atoms with Gasteiger partial charge in [0.25, 0.3) is 0 Å². The Hall–Kier alpha value is -2.51. The van der Waals surface area contributed by atoms with E-state index in [1.165, 1.54) is 11.9 Å². The van der Waals surface area contributed by atoms with E-state index in [0.29, 0.717) is 19.6 Å². The minimum Gasteiger partial charge on any atom is -0.370 e. The number of azide groups is 1. The summed E-state index contributed by atoms with van der Waals surface area (Å²) in [5, 5.41) is 15.5. The van der Waals surface area contributed by atoms with Gasteiger partial charge in [-0.05, 0) is 29.8 Å². The van der Waals surface area contributed by atoms with Gasteiger partial charge in [0.15, 0.2) is 0 Å². The molecule has 0 unspecified atom stereocenters. The van der Waals surface area contributed by atoms with Crippen molar-refractivity contribution >= 4 is 23.3 Å². The summed E-state index contributed by atoms with van der Waals surface area (Å²) in [6.45, 7) is 3.43. The van der Waals surface area contributed by atoms with Crippen LogP contribution in [0.3, 0.4) is 0 Å². The van der Waals surface area contributed by atoms with Crippen molar-refractivity contribution in [1.82, 2.24) is 9.62 Å². The normalized spacial score (nSPS) is 11.7. The number of rotatable bonds is 10. The van der Waals surface area contributed by atoms with Gasteiger partial charge in [-0.3, -0.25) is 0 Å². The molecule has 0 aliphatic rings. The van der Waals surface area contributed by atoms with Crippen LogP contribution < -0.4 is 4.72 Å². The Labute approximate surface area is 140 Å². The smallest absolute Gasteiger partial charge is 0.0875 e. The fraction of sp³-hybridized carbons (Fsp3) is 0.357. The monoisotopic (exact) mass is 332 g/mol. The predicted molar refractivity (Wildman–Crippen MR) is 95.4 cm³/mol. The van der Waals surface area contributed by atoms with Crippen LogP contribution in [0.1, 0.15) is 6.92 Å². The molecule has 1 N–H and O–H groups in total. The summed E-state index contributed by atoms with van der Waals surface area (Å²) in [5.41, 5.74) is 9.92. The van der Waals surface area contributed by atoms with E-state index in [1.807, 2.05) is 60.8 Å². The van der Waals surface area contributed by atoms with Crippen LogP contribution in [0, 0.1) is 0 Å². The molecule has 0 spiro atoms. The zero-order valence-corrected chi connectivity index (χ0v) is 14.0. The fourth-order valence-electron chi connectivity index (χ4n) is 1.60.